The number of halogens is 3. The topological polar surface area (TPSA) is 66.0 Å². The lowest BCUT2D eigenvalue weighted by molar-refractivity contribution is -0.137. The summed E-state index contributed by atoms with van der Waals surface area (Å²) in [6.45, 7) is 1.66. The number of carboxylic acids is 1. The molecule has 2 aromatic rings. The summed E-state index contributed by atoms with van der Waals surface area (Å²) in [5, 5.41) is 15.0. The van der Waals surface area contributed by atoms with Gasteiger partial charge in [0.05, 0.1) is 11.3 Å². The summed E-state index contributed by atoms with van der Waals surface area (Å²) in [5.74, 6) is -1.25. The van der Waals surface area contributed by atoms with E-state index in [9.17, 15) is 18.0 Å². The monoisotopic (exact) mass is 284 g/mol. The van der Waals surface area contributed by atoms with Crippen LogP contribution in [0.3, 0.4) is 0 Å². The standard InChI is InChI=1S/C13H11F3N2O2/c1-2-7-10(17-18-11(7)12(19)20)8-5-3-4-6-9(8)13(14,15)16/h3-6H,2H2,1H3,(H,17,18)(H,19,20). The number of aromatic nitrogens is 2. The Morgan fingerprint density at radius 3 is 2.55 bits per heavy atom. The molecule has 0 amide bonds. The van der Waals surface area contributed by atoms with Gasteiger partial charge >= 0.3 is 12.1 Å². The average Bonchev–Trinajstić information content (AvgIpc) is 2.81. The van der Waals surface area contributed by atoms with E-state index in [1.165, 1.54) is 18.2 Å². The molecule has 1 heterocycles. The highest BCUT2D eigenvalue weighted by Gasteiger charge is 2.34. The molecule has 0 spiro atoms. The zero-order chi connectivity index (χ0) is 14.9. The van der Waals surface area contributed by atoms with Gasteiger partial charge in [-0.05, 0) is 12.5 Å². The lowest BCUT2D eigenvalue weighted by atomic mass is 9.99. The van der Waals surface area contributed by atoms with Gasteiger partial charge in [0.1, 0.15) is 5.69 Å². The number of hydrogen-bond acceptors (Lipinski definition) is 2. The Morgan fingerprint density at radius 1 is 1.35 bits per heavy atom. The van der Waals surface area contributed by atoms with Gasteiger partial charge in [-0.2, -0.15) is 18.3 Å². The lowest BCUT2D eigenvalue weighted by Gasteiger charge is -2.11. The smallest absolute Gasteiger partial charge is 0.417 e. The highest BCUT2D eigenvalue weighted by molar-refractivity contribution is 5.89. The van der Waals surface area contributed by atoms with E-state index >= 15 is 0 Å². The number of hydrogen-bond donors (Lipinski definition) is 2. The normalized spacial score (nSPS) is 11.6. The largest absolute Gasteiger partial charge is 0.477 e. The van der Waals surface area contributed by atoms with Crippen LogP contribution in [0, 0.1) is 0 Å². The minimum Gasteiger partial charge on any atom is -0.477 e. The maximum Gasteiger partial charge on any atom is 0.417 e. The Morgan fingerprint density at radius 2 is 2.00 bits per heavy atom. The van der Waals surface area contributed by atoms with Crippen LogP contribution in [0.25, 0.3) is 11.3 Å². The number of aromatic amines is 1. The first-order chi connectivity index (χ1) is 9.36. The fourth-order valence-electron chi connectivity index (χ4n) is 2.05. The molecule has 106 valence electrons. The van der Waals surface area contributed by atoms with E-state index in [-0.39, 0.29) is 28.9 Å². The number of carboxylic acid groups (broad SMARTS) is 1. The van der Waals surface area contributed by atoms with Crippen LogP contribution in [0.15, 0.2) is 24.3 Å². The van der Waals surface area contributed by atoms with Gasteiger partial charge in [0.2, 0.25) is 0 Å². The summed E-state index contributed by atoms with van der Waals surface area (Å²) < 4.78 is 38.9. The molecular formula is C13H11F3N2O2. The van der Waals surface area contributed by atoms with Crippen molar-refractivity contribution in [1.29, 1.82) is 0 Å². The van der Waals surface area contributed by atoms with Crippen LogP contribution in [0.1, 0.15) is 28.5 Å². The molecule has 1 aromatic carbocycles. The Bertz CT molecular complexity index is 647. The minimum atomic E-state index is -4.52. The van der Waals surface area contributed by atoms with Crippen molar-refractivity contribution < 1.29 is 23.1 Å². The van der Waals surface area contributed by atoms with Gasteiger partial charge in [0.15, 0.2) is 0 Å². The third-order valence-corrected chi connectivity index (χ3v) is 2.92. The van der Waals surface area contributed by atoms with E-state index in [0.29, 0.717) is 0 Å². The van der Waals surface area contributed by atoms with Crippen LogP contribution < -0.4 is 0 Å². The van der Waals surface area contributed by atoms with Gasteiger partial charge in [-0.1, -0.05) is 25.1 Å². The van der Waals surface area contributed by atoms with Crippen LogP contribution in [0.2, 0.25) is 0 Å². The van der Waals surface area contributed by atoms with Gasteiger partial charge < -0.3 is 5.11 Å². The summed E-state index contributed by atoms with van der Waals surface area (Å²) in [6, 6.07) is 4.97. The van der Waals surface area contributed by atoms with Crippen molar-refractivity contribution in [3.05, 3.63) is 41.1 Å². The van der Waals surface area contributed by atoms with Crippen molar-refractivity contribution in [2.45, 2.75) is 19.5 Å². The number of alkyl halides is 3. The second-order valence-corrected chi connectivity index (χ2v) is 4.13. The maximum absolute atomic E-state index is 13.0. The first-order valence-corrected chi connectivity index (χ1v) is 5.83. The zero-order valence-corrected chi connectivity index (χ0v) is 10.5. The molecule has 0 saturated heterocycles. The number of nitrogens with one attached hydrogen (secondary N) is 1. The predicted molar refractivity (Wildman–Crippen MR) is 65.4 cm³/mol. The Kier molecular flexibility index (Phi) is 3.52. The first-order valence-electron chi connectivity index (χ1n) is 5.83. The zero-order valence-electron chi connectivity index (χ0n) is 10.5. The molecule has 2 N–H and O–H groups in total. The Hall–Kier alpha value is -2.31. The van der Waals surface area contributed by atoms with Crippen molar-refractivity contribution in [2.24, 2.45) is 0 Å². The molecule has 0 bridgehead atoms. The van der Waals surface area contributed by atoms with Crippen molar-refractivity contribution in [2.75, 3.05) is 0 Å². The number of rotatable bonds is 3. The van der Waals surface area contributed by atoms with E-state index in [4.69, 9.17) is 5.11 Å². The molecule has 1 aromatic heterocycles. The fraction of sp³-hybridized carbons (Fsp3) is 0.231. The maximum atomic E-state index is 13.0. The Labute approximate surface area is 112 Å². The third kappa shape index (κ3) is 2.38. The number of aromatic carboxylic acids is 1. The summed E-state index contributed by atoms with van der Waals surface area (Å²) >= 11 is 0. The van der Waals surface area contributed by atoms with E-state index in [1.54, 1.807) is 6.92 Å². The molecule has 0 aliphatic carbocycles. The molecule has 0 saturated carbocycles. The van der Waals surface area contributed by atoms with Crippen LogP contribution in [-0.4, -0.2) is 21.3 Å². The molecule has 0 unspecified atom stereocenters. The van der Waals surface area contributed by atoms with Gasteiger partial charge in [0, 0.05) is 11.1 Å². The Balaban J connectivity index is 2.67. The summed E-state index contributed by atoms with van der Waals surface area (Å²) in [5.41, 5.74) is -0.856. The van der Waals surface area contributed by atoms with Crippen LogP contribution in [-0.2, 0) is 12.6 Å². The van der Waals surface area contributed by atoms with E-state index in [1.807, 2.05) is 0 Å². The number of carbonyl (C=O) groups is 1. The number of H-pyrrole nitrogens is 1. The van der Waals surface area contributed by atoms with Crippen molar-refractivity contribution in [3.8, 4) is 11.3 Å². The second-order valence-electron chi connectivity index (χ2n) is 4.13. The molecule has 0 aliphatic rings. The highest BCUT2D eigenvalue weighted by atomic mass is 19.4. The molecule has 4 nitrogen and oxygen atoms in total. The van der Waals surface area contributed by atoms with E-state index in [2.05, 4.69) is 10.2 Å². The predicted octanol–water partition coefficient (Wildman–Crippen LogP) is 3.36. The van der Waals surface area contributed by atoms with Gasteiger partial charge in [-0.25, -0.2) is 4.79 Å². The first kappa shape index (κ1) is 14.1. The molecule has 20 heavy (non-hydrogen) atoms. The SMILES string of the molecule is CCc1c(-c2ccccc2C(F)(F)F)n[nH]c1C(=O)O. The summed E-state index contributed by atoms with van der Waals surface area (Å²) in [7, 11) is 0. The summed E-state index contributed by atoms with van der Waals surface area (Å²) in [4.78, 5) is 11.0. The molecule has 0 aliphatic heterocycles. The van der Waals surface area contributed by atoms with E-state index in [0.717, 1.165) is 6.07 Å². The fourth-order valence-corrected chi connectivity index (χ4v) is 2.05. The quantitative estimate of drug-likeness (QED) is 0.908. The lowest BCUT2D eigenvalue weighted by Crippen LogP contribution is -2.07. The third-order valence-electron chi connectivity index (χ3n) is 2.92. The van der Waals surface area contributed by atoms with Crippen molar-refractivity contribution in [3.63, 3.8) is 0 Å². The molecule has 0 fully saturated rings. The van der Waals surface area contributed by atoms with Crippen LogP contribution >= 0.6 is 0 Å². The number of benzene rings is 1. The second kappa shape index (κ2) is 4.99. The van der Waals surface area contributed by atoms with Crippen molar-refractivity contribution in [1.82, 2.24) is 10.2 Å². The molecule has 7 heteroatoms. The van der Waals surface area contributed by atoms with Crippen LogP contribution in [0.4, 0.5) is 13.2 Å². The van der Waals surface area contributed by atoms with Gasteiger partial charge in [-0.15, -0.1) is 0 Å². The average molecular weight is 284 g/mol. The summed E-state index contributed by atoms with van der Waals surface area (Å²) in [6.07, 6.45) is -4.26. The molecular weight excluding hydrogens is 273 g/mol. The molecule has 0 atom stereocenters. The molecule has 2 rings (SSSR count). The highest BCUT2D eigenvalue weighted by Crippen LogP contribution is 2.37. The van der Waals surface area contributed by atoms with Crippen LogP contribution in [0.5, 0.6) is 0 Å². The van der Waals surface area contributed by atoms with Gasteiger partial charge in [-0.3, -0.25) is 5.10 Å². The molecule has 0 radical (unpaired) electrons. The van der Waals surface area contributed by atoms with E-state index < -0.39 is 17.7 Å². The van der Waals surface area contributed by atoms with Crippen molar-refractivity contribution >= 4 is 5.97 Å². The number of nitrogens with zero attached hydrogens (tertiary/aromatic N) is 1. The minimum absolute atomic E-state index is 0.0258. The van der Waals surface area contributed by atoms with Gasteiger partial charge in [0.25, 0.3) is 0 Å².